The summed E-state index contributed by atoms with van der Waals surface area (Å²) in [6, 6.07) is 60.8. The summed E-state index contributed by atoms with van der Waals surface area (Å²) in [6.07, 6.45) is 0. The van der Waals surface area contributed by atoms with E-state index >= 15 is 8.78 Å². The zero-order valence-electron chi connectivity index (χ0n) is 34.4. The minimum absolute atomic E-state index is 0.250. The number of hydrogen-bond donors (Lipinski definition) is 2. The molecule has 0 atom stereocenters. The molecule has 0 radical (unpaired) electrons. The van der Waals surface area contributed by atoms with Crippen molar-refractivity contribution in [2.24, 2.45) is 0 Å². The number of hydrogen-bond acceptors (Lipinski definition) is 2. The Bertz CT molecular complexity index is 2720. The first-order valence-corrected chi connectivity index (χ1v) is 20.9. The maximum Gasteiger partial charge on any atom is 0.165 e. The fourth-order valence-corrected chi connectivity index (χ4v) is 9.20. The molecule has 0 bridgehead atoms. The smallest absolute Gasteiger partial charge is 0.165 e. The molecule has 0 heterocycles. The summed E-state index contributed by atoms with van der Waals surface area (Å²) >= 11 is 0. The van der Waals surface area contributed by atoms with Gasteiger partial charge in [0.1, 0.15) is 0 Å². The molecule has 60 heavy (non-hydrogen) atoms. The standard InChI is InChI=1S/C56H48F2N2/c1-35(2)42-30-19-31-43(36(3)4)53(42)59-55-44-32-17-28-41-29-18-33-45(50(41)44)56(55)60-54-46(48(37-20-9-5-10-21-37)38-22-11-6-12-23-38)34-47(57)52(58)51(54)49(39-24-13-7-14-25-39)40-26-15-8-16-27-40/h5-36,48-49,59-60H,1-4H3. The number of nitrogens with one attached hydrogen (secondary N) is 2. The molecule has 1 aliphatic rings. The molecule has 1 aliphatic carbocycles. The Kier molecular flexibility index (Phi) is 10.6. The number of benzene rings is 8. The largest absolute Gasteiger partial charge is 0.353 e. The highest BCUT2D eigenvalue weighted by Crippen LogP contribution is 2.50. The summed E-state index contributed by atoms with van der Waals surface area (Å²) in [5.41, 5.74) is 12.3. The SMILES string of the molecule is CC(C)c1cccc(C(C)C)c1NC1=C(Nc2c(C(c3ccccc3)c3ccccc3)cc(F)c(F)c2C(c2ccccc2)c2ccccc2)c2cccc3cccc1c23. The summed E-state index contributed by atoms with van der Waals surface area (Å²) in [7, 11) is 0. The fraction of sp³-hybridized carbons (Fsp3) is 0.143. The lowest BCUT2D eigenvalue weighted by molar-refractivity contribution is 0.496. The van der Waals surface area contributed by atoms with E-state index in [0.717, 1.165) is 61.2 Å². The van der Waals surface area contributed by atoms with Gasteiger partial charge < -0.3 is 10.6 Å². The lowest BCUT2D eigenvalue weighted by Gasteiger charge is -2.30. The van der Waals surface area contributed by atoms with E-state index in [1.165, 1.54) is 17.2 Å². The van der Waals surface area contributed by atoms with Crippen molar-refractivity contribution in [3.8, 4) is 0 Å². The van der Waals surface area contributed by atoms with Gasteiger partial charge in [0.05, 0.1) is 17.1 Å². The van der Waals surface area contributed by atoms with Crippen LogP contribution in [0.1, 0.15) is 107 Å². The number of anilines is 2. The van der Waals surface area contributed by atoms with Crippen LogP contribution in [0.3, 0.4) is 0 Å². The molecule has 8 aromatic carbocycles. The van der Waals surface area contributed by atoms with E-state index in [9.17, 15) is 0 Å². The highest BCUT2D eigenvalue weighted by Gasteiger charge is 2.34. The first-order valence-electron chi connectivity index (χ1n) is 20.9. The van der Waals surface area contributed by atoms with Crippen molar-refractivity contribution in [2.75, 3.05) is 10.6 Å². The van der Waals surface area contributed by atoms with Crippen molar-refractivity contribution in [2.45, 2.75) is 51.4 Å². The summed E-state index contributed by atoms with van der Waals surface area (Å²) in [5, 5.41) is 10.2. The number of para-hydroxylation sites is 1. The minimum atomic E-state index is -0.893. The molecule has 0 aliphatic heterocycles. The maximum atomic E-state index is 17.6. The van der Waals surface area contributed by atoms with Crippen LogP contribution < -0.4 is 10.6 Å². The second-order valence-electron chi connectivity index (χ2n) is 16.4. The molecule has 9 rings (SSSR count). The Morgan fingerprint density at radius 1 is 0.400 bits per heavy atom. The van der Waals surface area contributed by atoms with Crippen LogP contribution in [0.5, 0.6) is 0 Å². The molecule has 296 valence electrons. The molecule has 0 saturated carbocycles. The Hall–Kier alpha value is -6.78. The van der Waals surface area contributed by atoms with Crippen LogP contribution >= 0.6 is 0 Å². The highest BCUT2D eigenvalue weighted by molar-refractivity contribution is 6.18. The quantitative estimate of drug-likeness (QED) is 0.121. The molecule has 0 amide bonds. The van der Waals surface area contributed by atoms with Crippen LogP contribution in [-0.4, -0.2) is 0 Å². The summed E-state index contributed by atoms with van der Waals surface area (Å²) in [6.45, 7) is 8.90. The van der Waals surface area contributed by atoms with Crippen LogP contribution in [0.15, 0.2) is 182 Å². The Labute approximate surface area is 352 Å². The topological polar surface area (TPSA) is 24.1 Å². The minimum Gasteiger partial charge on any atom is -0.353 e. The van der Waals surface area contributed by atoms with E-state index in [-0.39, 0.29) is 17.4 Å². The molecule has 2 nitrogen and oxygen atoms in total. The van der Waals surface area contributed by atoms with Gasteiger partial charge in [-0.15, -0.1) is 0 Å². The van der Waals surface area contributed by atoms with Gasteiger partial charge in [-0.25, -0.2) is 8.78 Å². The van der Waals surface area contributed by atoms with Gasteiger partial charge in [-0.1, -0.05) is 204 Å². The van der Waals surface area contributed by atoms with Crippen molar-refractivity contribution in [3.63, 3.8) is 0 Å². The maximum absolute atomic E-state index is 17.6. The van der Waals surface area contributed by atoms with Gasteiger partial charge in [0, 0.05) is 39.6 Å². The molecule has 8 aromatic rings. The first-order chi connectivity index (χ1) is 29.3. The van der Waals surface area contributed by atoms with Gasteiger partial charge in [-0.3, -0.25) is 0 Å². The fourth-order valence-electron chi connectivity index (χ4n) is 9.20. The molecule has 0 aromatic heterocycles. The third kappa shape index (κ3) is 7.06. The Balaban J connectivity index is 1.39. The number of halogens is 2. The van der Waals surface area contributed by atoms with E-state index in [2.05, 4.69) is 117 Å². The molecule has 0 fully saturated rings. The zero-order chi connectivity index (χ0) is 41.3. The van der Waals surface area contributed by atoms with Crippen LogP contribution in [0.25, 0.3) is 22.2 Å². The van der Waals surface area contributed by atoms with Crippen LogP contribution in [0, 0.1) is 11.6 Å². The van der Waals surface area contributed by atoms with Gasteiger partial charge in [-0.2, -0.15) is 0 Å². The Morgan fingerprint density at radius 3 is 1.23 bits per heavy atom. The molecule has 0 unspecified atom stereocenters. The van der Waals surface area contributed by atoms with Crippen LogP contribution in [-0.2, 0) is 0 Å². The Morgan fingerprint density at radius 2 is 0.800 bits per heavy atom. The highest BCUT2D eigenvalue weighted by atomic mass is 19.2. The summed E-state index contributed by atoms with van der Waals surface area (Å²) in [4.78, 5) is 0. The van der Waals surface area contributed by atoms with Gasteiger partial charge in [0.25, 0.3) is 0 Å². The first kappa shape index (κ1) is 38.7. The van der Waals surface area contributed by atoms with Gasteiger partial charge >= 0.3 is 0 Å². The van der Waals surface area contributed by atoms with Crippen molar-refractivity contribution < 1.29 is 8.78 Å². The number of rotatable bonds is 12. The van der Waals surface area contributed by atoms with E-state index in [0.29, 0.717) is 11.3 Å². The lowest BCUT2D eigenvalue weighted by atomic mass is 9.78. The third-order valence-corrected chi connectivity index (χ3v) is 12.0. The van der Waals surface area contributed by atoms with Gasteiger partial charge in [0.15, 0.2) is 11.6 Å². The predicted octanol–water partition coefficient (Wildman–Crippen LogP) is 15.1. The normalized spacial score (nSPS) is 12.4. The monoisotopic (exact) mass is 786 g/mol. The van der Waals surface area contributed by atoms with E-state index in [1.54, 1.807) is 0 Å². The van der Waals surface area contributed by atoms with Gasteiger partial charge in [0.2, 0.25) is 0 Å². The summed E-state index contributed by atoms with van der Waals surface area (Å²) < 4.78 is 34.5. The molecule has 0 saturated heterocycles. The molecule has 4 heteroatoms. The van der Waals surface area contributed by atoms with E-state index in [4.69, 9.17) is 0 Å². The lowest BCUT2D eigenvalue weighted by Crippen LogP contribution is -2.17. The van der Waals surface area contributed by atoms with Crippen molar-refractivity contribution in [1.82, 2.24) is 0 Å². The van der Waals surface area contributed by atoms with E-state index in [1.807, 2.05) is 97.1 Å². The van der Waals surface area contributed by atoms with Gasteiger partial charge in [-0.05, 0) is 62.2 Å². The van der Waals surface area contributed by atoms with Crippen molar-refractivity contribution >= 4 is 33.5 Å². The third-order valence-electron chi connectivity index (χ3n) is 12.0. The van der Waals surface area contributed by atoms with Crippen LogP contribution in [0.4, 0.5) is 20.2 Å². The molecular weight excluding hydrogens is 739 g/mol. The average molecular weight is 787 g/mol. The molecular formula is C56H48F2N2. The molecule has 0 spiro atoms. The second-order valence-corrected chi connectivity index (χ2v) is 16.4. The van der Waals surface area contributed by atoms with Crippen molar-refractivity contribution in [3.05, 3.63) is 249 Å². The predicted molar refractivity (Wildman–Crippen MR) is 247 cm³/mol. The van der Waals surface area contributed by atoms with E-state index < -0.39 is 23.5 Å². The van der Waals surface area contributed by atoms with Crippen molar-refractivity contribution in [1.29, 1.82) is 0 Å². The zero-order valence-corrected chi connectivity index (χ0v) is 34.4. The average Bonchev–Trinajstić information content (AvgIpc) is 3.57. The van der Waals surface area contributed by atoms with Crippen LogP contribution in [0.2, 0.25) is 0 Å². The molecule has 2 N–H and O–H groups in total. The second kappa shape index (κ2) is 16.5. The summed E-state index contributed by atoms with van der Waals surface area (Å²) in [5.74, 6) is -2.36.